The van der Waals surface area contributed by atoms with Crippen molar-refractivity contribution in [2.24, 2.45) is 17.8 Å². The van der Waals surface area contributed by atoms with Gasteiger partial charge in [0.15, 0.2) is 0 Å². The zero-order valence-electron chi connectivity index (χ0n) is 16.1. The third-order valence-corrected chi connectivity index (χ3v) is 6.63. The van der Waals surface area contributed by atoms with E-state index in [2.05, 4.69) is 32.9 Å². The fraction of sp³-hybridized carbons (Fsp3) is 0.905. The van der Waals surface area contributed by atoms with Crippen molar-refractivity contribution in [2.45, 2.75) is 103 Å². The van der Waals surface area contributed by atoms with Crippen LogP contribution in [0.2, 0.25) is 5.82 Å². The smallest absolute Gasteiger partial charge is 0.405 e. The van der Waals surface area contributed by atoms with Crippen LogP contribution < -0.4 is 0 Å². The summed E-state index contributed by atoms with van der Waals surface area (Å²) in [5.74, 6) is 2.40. The molecule has 0 radical (unpaired) electrons. The van der Waals surface area contributed by atoms with Crippen molar-refractivity contribution in [2.75, 3.05) is 0 Å². The van der Waals surface area contributed by atoms with Gasteiger partial charge in [0.25, 0.3) is 0 Å². The van der Waals surface area contributed by atoms with Gasteiger partial charge in [-0.05, 0) is 50.4 Å². The van der Waals surface area contributed by atoms with Crippen LogP contribution in [0.25, 0.3) is 0 Å². The second kappa shape index (κ2) is 8.89. The molecule has 0 aromatic carbocycles. The molecule has 1 saturated heterocycles. The first-order chi connectivity index (χ1) is 11.7. The summed E-state index contributed by atoms with van der Waals surface area (Å²) in [5.41, 5.74) is 0. The van der Waals surface area contributed by atoms with Crippen LogP contribution in [0, 0.1) is 17.8 Å². The van der Waals surface area contributed by atoms with Gasteiger partial charge in [-0.1, -0.05) is 64.5 Å². The van der Waals surface area contributed by atoms with E-state index in [4.69, 9.17) is 9.31 Å². The van der Waals surface area contributed by atoms with Crippen LogP contribution in [0.4, 0.5) is 0 Å². The summed E-state index contributed by atoms with van der Waals surface area (Å²) in [6.45, 7) is 6.70. The third kappa shape index (κ3) is 4.27. The van der Waals surface area contributed by atoms with Gasteiger partial charge in [0.1, 0.15) is 0 Å². The molecule has 3 rings (SSSR count). The SMILES string of the molecule is C/C=C\[C@@H](B1O[C@@H](C2CCCCC2)[C@H](C2CCCCC2)O1)C(C)C. The van der Waals surface area contributed by atoms with Crippen molar-refractivity contribution in [3.8, 4) is 0 Å². The van der Waals surface area contributed by atoms with Gasteiger partial charge in [0.2, 0.25) is 0 Å². The number of hydrogen-bond acceptors (Lipinski definition) is 2. The second-order valence-corrected chi connectivity index (χ2v) is 8.71. The van der Waals surface area contributed by atoms with Crippen LogP contribution in [-0.2, 0) is 9.31 Å². The molecular formula is C21H37BO2. The Labute approximate surface area is 149 Å². The Hall–Kier alpha value is -0.275. The molecule has 2 saturated carbocycles. The molecule has 2 aliphatic carbocycles. The highest BCUT2D eigenvalue weighted by molar-refractivity contribution is 6.48. The number of rotatable bonds is 5. The van der Waals surface area contributed by atoms with Gasteiger partial charge in [-0.3, -0.25) is 0 Å². The summed E-state index contributed by atoms with van der Waals surface area (Å²) in [7, 11) is -0.0277. The van der Waals surface area contributed by atoms with Crippen molar-refractivity contribution >= 4 is 7.12 Å². The van der Waals surface area contributed by atoms with Crippen molar-refractivity contribution in [3.05, 3.63) is 12.2 Å². The number of allylic oxidation sites excluding steroid dienone is 2. The standard InChI is InChI=1S/C21H37BO2/c1-4-11-19(16(2)3)22-23-20(17-12-7-5-8-13-17)21(24-22)18-14-9-6-10-15-18/h4,11,16-21H,5-10,12-15H2,1-3H3/b11-4-/t19-,20+,21+/m1/s1. The minimum absolute atomic E-state index is 0.0277. The normalized spacial score (nSPS) is 32.1. The Bertz CT molecular complexity index is 371. The van der Waals surface area contributed by atoms with Gasteiger partial charge in [-0.15, -0.1) is 0 Å². The average Bonchev–Trinajstić information content (AvgIpc) is 3.06. The second-order valence-electron chi connectivity index (χ2n) is 8.71. The molecule has 2 nitrogen and oxygen atoms in total. The maximum atomic E-state index is 6.67. The molecule has 3 atom stereocenters. The zero-order chi connectivity index (χ0) is 16.9. The quantitative estimate of drug-likeness (QED) is 0.452. The Kier molecular flexibility index (Phi) is 6.86. The van der Waals surface area contributed by atoms with Gasteiger partial charge >= 0.3 is 7.12 Å². The van der Waals surface area contributed by atoms with Gasteiger partial charge in [-0.2, -0.15) is 0 Å². The lowest BCUT2D eigenvalue weighted by Gasteiger charge is -2.35. The largest absolute Gasteiger partial charge is 0.465 e. The molecular weight excluding hydrogens is 295 g/mol. The lowest BCUT2D eigenvalue weighted by atomic mass is 9.66. The van der Waals surface area contributed by atoms with E-state index in [0.717, 1.165) is 11.8 Å². The van der Waals surface area contributed by atoms with E-state index >= 15 is 0 Å². The van der Waals surface area contributed by atoms with E-state index in [1.807, 2.05) is 0 Å². The molecule has 3 aliphatic rings. The summed E-state index contributed by atoms with van der Waals surface area (Å²) < 4.78 is 13.3. The minimum atomic E-state index is -0.0277. The molecule has 0 bridgehead atoms. The van der Waals surface area contributed by atoms with Crippen molar-refractivity contribution in [1.29, 1.82) is 0 Å². The Morgan fingerprint density at radius 2 is 1.25 bits per heavy atom. The minimum Gasteiger partial charge on any atom is -0.405 e. The van der Waals surface area contributed by atoms with E-state index in [1.165, 1.54) is 64.2 Å². The molecule has 0 unspecified atom stereocenters. The molecule has 0 spiro atoms. The third-order valence-electron chi connectivity index (χ3n) is 6.63. The predicted octanol–water partition coefficient (Wildman–Crippen LogP) is 6.02. The van der Waals surface area contributed by atoms with Crippen LogP contribution in [0.1, 0.15) is 85.0 Å². The van der Waals surface area contributed by atoms with E-state index < -0.39 is 0 Å². The summed E-state index contributed by atoms with van der Waals surface area (Å²) in [6.07, 6.45) is 18.9. The summed E-state index contributed by atoms with van der Waals surface area (Å²) in [5, 5.41) is 0. The van der Waals surface area contributed by atoms with Crippen LogP contribution in [0.3, 0.4) is 0 Å². The monoisotopic (exact) mass is 332 g/mol. The highest BCUT2D eigenvalue weighted by atomic mass is 16.7. The Morgan fingerprint density at radius 1 is 0.792 bits per heavy atom. The molecule has 136 valence electrons. The van der Waals surface area contributed by atoms with Crippen molar-refractivity contribution in [1.82, 2.24) is 0 Å². The molecule has 1 heterocycles. The first-order valence-corrected chi connectivity index (χ1v) is 10.6. The van der Waals surface area contributed by atoms with E-state index in [9.17, 15) is 0 Å². The van der Waals surface area contributed by atoms with E-state index in [0.29, 0.717) is 23.9 Å². The first kappa shape index (κ1) is 18.5. The topological polar surface area (TPSA) is 18.5 Å². The maximum absolute atomic E-state index is 6.67. The number of hydrogen-bond donors (Lipinski definition) is 0. The lowest BCUT2D eigenvalue weighted by Crippen LogP contribution is -2.38. The average molecular weight is 332 g/mol. The zero-order valence-corrected chi connectivity index (χ0v) is 16.1. The summed E-state index contributed by atoms with van der Waals surface area (Å²) in [4.78, 5) is 0. The maximum Gasteiger partial charge on any atom is 0.465 e. The molecule has 3 heteroatoms. The Balaban J connectivity index is 1.74. The molecule has 1 aliphatic heterocycles. The Morgan fingerprint density at radius 3 is 1.62 bits per heavy atom. The van der Waals surface area contributed by atoms with Crippen LogP contribution in [-0.4, -0.2) is 19.3 Å². The van der Waals surface area contributed by atoms with Crippen LogP contribution in [0.5, 0.6) is 0 Å². The predicted molar refractivity (Wildman–Crippen MR) is 102 cm³/mol. The molecule has 0 aromatic heterocycles. The molecule has 3 fully saturated rings. The highest BCUT2D eigenvalue weighted by Crippen LogP contribution is 2.43. The van der Waals surface area contributed by atoms with Crippen LogP contribution >= 0.6 is 0 Å². The van der Waals surface area contributed by atoms with Gasteiger partial charge in [-0.25, -0.2) is 0 Å². The summed E-state index contributed by atoms with van der Waals surface area (Å²) >= 11 is 0. The molecule has 0 aromatic rings. The molecule has 24 heavy (non-hydrogen) atoms. The highest BCUT2D eigenvalue weighted by Gasteiger charge is 2.49. The summed E-state index contributed by atoms with van der Waals surface area (Å²) in [6, 6.07) is 0. The van der Waals surface area contributed by atoms with E-state index in [1.54, 1.807) is 0 Å². The van der Waals surface area contributed by atoms with Crippen LogP contribution in [0.15, 0.2) is 12.2 Å². The fourth-order valence-corrected chi connectivity index (χ4v) is 5.21. The molecule has 0 N–H and O–H groups in total. The lowest BCUT2D eigenvalue weighted by molar-refractivity contribution is 0.0324. The molecule has 0 amide bonds. The first-order valence-electron chi connectivity index (χ1n) is 10.6. The van der Waals surface area contributed by atoms with Crippen molar-refractivity contribution in [3.63, 3.8) is 0 Å². The van der Waals surface area contributed by atoms with Crippen molar-refractivity contribution < 1.29 is 9.31 Å². The van der Waals surface area contributed by atoms with Gasteiger partial charge < -0.3 is 9.31 Å². The fourth-order valence-electron chi connectivity index (χ4n) is 5.21. The van der Waals surface area contributed by atoms with Gasteiger partial charge in [0.05, 0.1) is 12.2 Å². The van der Waals surface area contributed by atoms with Gasteiger partial charge in [0, 0.05) is 5.82 Å². The van der Waals surface area contributed by atoms with E-state index in [-0.39, 0.29) is 7.12 Å².